The number of aryl methyl sites for hydroxylation is 1. The molecule has 1 heterocycles. The van der Waals surface area contributed by atoms with E-state index in [0.717, 1.165) is 37.2 Å². The van der Waals surface area contributed by atoms with E-state index in [-0.39, 0.29) is 18.0 Å². The Labute approximate surface area is 179 Å². The van der Waals surface area contributed by atoms with Gasteiger partial charge < -0.3 is 14.8 Å². The number of para-hydroxylation sites is 3. The summed E-state index contributed by atoms with van der Waals surface area (Å²) in [4.78, 5) is 15.6. The van der Waals surface area contributed by atoms with Gasteiger partial charge in [-0.2, -0.15) is 0 Å². The summed E-state index contributed by atoms with van der Waals surface area (Å²) >= 11 is 0. The zero-order valence-electron chi connectivity index (χ0n) is 18.0. The maximum absolute atomic E-state index is 13.4. The van der Waals surface area contributed by atoms with Gasteiger partial charge in [-0.15, -0.1) is 0 Å². The monoisotopic (exact) mass is 408 g/mol. The van der Waals surface area contributed by atoms with Gasteiger partial charge in [0.15, 0.2) is 17.3 Å². The van der Waals surface area contributed by atoms with E-state index in [0.29, 0.717) is 18.9 Å². The predicted molar refractivity (Wildman–Crippen MR) is 119 cm³/mol. The third-order valence-electron chi connectivity index (χ3n) is 6.51. The smallest absolute Gasteiger partial charge is 0.161 e. The number of ketones is 1. The number of hydrogen-bond donors (Lipinski definition) is 1. The van der Waals surface area contributed by atoms with Crippen LogP contribution in [0.4, 0.5) is 5.69 Å². The van der Waals surface area contributed by atoms with E-state index in [9.17, 15) is 4.79 Å². The van der Waals surface area contributed by atoms with Crippen LogP contribution in [0.5, 0.6) is 11.5 Å². The molecular weight excluding hydrogens is 376 g/mol. The van der Waals surface area contributed by atoms with Gasteiger partial charge in [0.05, 0.1) is 13.2 Å². The van der Waals surface area contributed by atoms with E-state index < -0.39 is 0 Å². The summed E-state index contributed by atoms with van der Waals surface area (Å²) in [7, 11) is 3.70. The van der Waals surface area contributed by atoms with E-state index in [1.54, 1.807) is 7.11 Å². The van der Waals surface area contributed by atoms with Crippen LogP contribution in [-0.4, -0.2) is 50.1 Å². The molecule has 30 heavy (non-hydrogen) atoms. The Morgan fingerprint density at radius 3 is 2.57 bits per heavy atom. The number of methoxy groups -OCH3 is 1. The molecule has 2 aliphatic rings. The minimum Gasteiger partial charge on any atom is -0.493 e. The van der Waals surface area contributed by atoms with Crippen molar-refractivity contribution in [2.75, 3.05) is 32.6 Å². The van der Waals surface area contributed by atoms with Crippen LogP contribution in [0.1, 0.15) is 31.2 Å². The number of ether oxygens (including phenoxy) is 2. The average Bonchev–Trinajstić information content (AvgIpc) is 2.73. The minimum atomic E-state index is -0.134. The Morgan fingerprint density at radius 1 is 1.10 bits per heavy atom. The summed E-state index contributed by atoms with van der Waals surface area (Å²) in [6.45, 7) is 1.19. The number of anilines is 1. The Morgan fingerprint density at radius 2 is 1.83 bits per heavy atom. The van der Waals surface area contributed by atoms with Crippen LogP contribution < -0.4 is 14.8 Å². The van der Waals surface area contributed by atoms with E-state index >= 15 is 0 Å². The zero-order chi connectivity index (χ0) is 20.9. The number of hydrogen-bond acceptors (Lipinski definition) is 5. The lowest BCUT2D eigenvalue weighted by Gasteiger charge is -2.40. The van der Waals surface area contributed by atoms with Gasteiger partial charge in [0.25, 0.3) is 0 Å². The molecule has 1 aliphatic heterocycles. The summed E-state index contributed by atoms with van der Waals surface area (Å²) < 4.78 is 11.3. The second-order valence-corrected chi connectivity index (χ2v) is 8.40. The molecule has 4 rings (SSSR count). The highest BCUT2D eigenvalue weighted by atomic mass is 16.5. The van der Waals surface area contributed by atoms with Gasteiger partial charge in [0.2, 0.25) is 0 Å². The van der Waals surface area contributed by atoms with Crippen molar-refractivity contribution >= 4 is 11.5 Å². The summed E-state index contributed by atoms with van der Waals surface area (Å²) in [5, 5.41) is 3.66. The Hall–Kier alpha value is -2.53. The second-order valence-electron chi connectivity index (χ2n) is 8.40. The summed E-state index contributed by atoms with van der Waals surface area (Å²) in [5.74, 6) is 2.07. The Bertz CT molecular complexity index is 865. The van der Waals surface area contributed by atoms with Crippen LogP contribution in [0.2, 0.25) is 0 Å². The lowest BCUT2D eigenvalue weighted by Crippen LogP contribution is -2.54. The molecule has 0 bridgehead atoms. The van der Waals surface area contributed by atoms with Gasteiger partial charge in [-0.05, 0) is 56.5 Å². The number of likely N-dealkylation sites (N-methyl/N-ethyl adjacent to an activating group) is 1. The fourth-order valence-corrected chi connectivity index (χ4v) is 4.53. The molecule has 0 spiro atoms. The van der Waals surface area contributed by atoms with Crippen molar-refractivity contribution in [1.82, 2.24) is 4.90 Å². The predicted octanol–water partition coefficient (Wildman–Crippen LogP) is 4.17. The molecule has 5 heteroatoms. The lowest BCUT2D eigenvalue weighted by atomic mass is 9.77. The van der Waals surface area contributed by atoms with E-state index in [1.165, 1.54) is 17.7 Å². The highest BCUT2D eigenvalue weighted by molar-refractivity contribution is 5.88. The first kappa shape index (κ1) is 20.7. The van der Waals surface area contributed by atoms with Crippen molar-refractivity contribution in [3.8, 4) is 11.5 Å². The SMILES string of the molecule is COc1ccccc1OCCN(C)C(C(=O)C1CCC1)C1CCc2ccccc2N1. The fraction of sp³-hybridized carbons (Fsp3) is 0.480. The molecule has 1 fully saturated rings. The number of nitrogens with zero attached hydrogens (tertiary/aromatic N) is 1. The first-order chi connectivity index (χ1) is 14.7. The normalized spacial score (nSPS) is 19.4. The van der Waals surface area contributed by atoms with Crippen LogP contribution in [0, 0.1) is 5.92 Å². The van der Waals surface area contributed by atoms with Gasteiger partial charge in [0.1, 0.15) is 6.61 Å². The third kappa shape index (κ3) is 4.46. The van der Waals surface area contributed by atoms with Crippen LogP contribution in [0.25, 0.3) is 0 Å². The number of benzene rings is 2. The summed E-state index contributed by atoms with van der Waals surface area (Å²) in [6.07, 6.45) is 5.21. The van der Waals surface area contributed by atoms with Crippen LogP contribution in [0.15, 0.2) is 48.5 Å². The van der Waals surface area contributed by atoms with Crippen molar-refractivity contribution in [2.45, 2.75) is 44.2 Å². The number of Topliss-reactive ketones (excluding diaryl/α,β-unsaturated/α-hetero) is 1. The highest BCUT2D eigenvalue weighted by Crippen LogP contribution is 2.33. The molecule has 2 aromatic rings. The molecule has 5 nitrogen and oxygen atoms in total. The lowest BCUT2D eigenvalue weighted by molar-refractivity contribution is -0.131. The van der Waals surface area contributed by atoms with E-state index in [4.69, 9.17) is 9.47 Å². The van der Waals surface area contributed by atoms with Crippen LogP contribution >= 0.6 is 0 Å². The van der Waals surface area contributed by atoms with Crippen LogP contribution in [0.3, 0.4) is 0 Å². The van der Waals surface area contributed by atoms with Gasteiger partial charge in [0, 0.05) is 24.2 Å². The number of nitrogens with one attached hydrogen (secondary N) is 1. The first-order valence-corrected chi connectivity index (χ1v) is 11.0. The molecule has 2 atom stereocenters. The highest BCUT2D eigenvalue weighted by Gasteiger charge is 2.39. The number of fused-ring (bicyclic) bond motifs is 1. The van der Waals surface area contributed by atoms with Crippen molar-refractivity contribution in [3.63, 3.8) is 0 Å². The van der Waals surface area contributed by atoms with Crippen LogP contribution in [-0.2, 0) is 11.2 Å². The van der Waals surface area contributed by atoms with Crippen molar-refractivity contribution in [3.05, 3.63) is 54.1 Å². The van der Waals surface area contributed by atoms with Gasteiger partial charge >= 0.3 is 0 Å². The quantitative estimate of drug-likeness (QED) is 0.675. The Balaban J connectivity index is 1.43. The minimum absolute atomic E-state index is 0.129. The molecule has 2 unspecified atom stereocenters. The molecule has 1 saturated carbocycles. The van der Waals surface area contributed by atoms with Gasteiger partial charge in [-0.1, -0.05) is 36.8 Å². The first-order valence-electron chi connectivity index (χ1n) is 11.0. The molecule has 160 valence electrons. The third-order valence-corrected chi connectivity index (χ3v) is 6.51. The number of rotatable bonds is 9. The van der Waals surface area contributed by atoms with E-state index in [2.05, 4.69) is 41.5 Å². The largest absolute Gasteiger partial charge is 0.493 e. The molecule has 0 amide bonds. The van der Waals surface area contributed by atoms with Crippen molar-refractivity contribution in [2.24, 2.45) is 5.92 Å². The number of carbonyl (C=O) groups excluding carboxylic acids is 1. The fourth-order valence-electron chi connectivity index (χ4n) is 4.53. The van der Waals surface area contributed by atoms with Gasteiger partial charge in [-0.3, -0.25) is 9.69 Å². The van der Waals surface area contributed by atoms with Crippen molar-refractivity contribution < 1.29 is 14.3 Å². The summed E-state index contributed by atoms with van der Waals surface area (Å²) in [6, 6.07) is 16.1. The molecule has 0 aromatic heterocycles. The topological polar surface area (TPSA) is 50.8 Å². The molecule has 0 saturated heterocycles. The standard InChI is InChI=1S/C25H32N2O3/c1-27(16-17-30-23-13-6-5-12-22(23)29-2)24(25(28)19-9-7-10-19)21-15-14-18-8-3-4-11-20(18)26-21/h3-6,8,11-13,19,21,24,26H,7,9-10,14-17H2,1-2H3. The molecular formula is C25H32N2O3. The number of carbonyl (C=O) groups is 1. The molecule has 1 aliphatic carbocycles. The summed E-state index contributed by atoms with van der Waals surface area (Å²) in [5.41, 5.74) is 2.50. The average molecular weight is 409 g/mol. The molecule has 2 aromatic carbocycles. The molecule has 1 N–H and O–H groups in total. The zero-order valence-corrected chi connectivity index (χ0v) is 18.0. The maximum atomic E-state index is 13.4. The van der Waals surface area contributed by atoms with Crippen molar-refractivity contribution in [1.29, 1.82) is 0 Å². The van der Waals surface area contributed by atoms with Gasteiger partial charge in [-0.25, -0.2) is 0 Å². The maximum Gasteiger partial charge on any atom is 0.161 e. The second kappa shape index (κ2) is 9.52. The Kier molecular flexibility index (Phi) is 6.58. The van der Waals surface area contributed by atoms with E-state index in [1.807, 2.05) is 24.3 Å². The molecule has 0 radical (unpaired) electrons.